The lowest BCUT2D eigenvalue weighted by Crippen LogP contribution is -2.24. The molecule has 2 N–H and O–H groups in total. The zero-order valence-electron chi connectivity index (χ0n) is 13.8. The van der Waals surface area contributed by atoms with Gasteiger partial charge in [-0.2, -0.15) is 0 Å². The fourth-order valence-corrected chi connectivity index (χ4v) is 2.10. The van der Waals surface area contributed by atoms with Crippen molar-refractivity contribution in [3.05, 3.63) is 53.9 Å². The molecule has 0 unspecified atom stereocenters. The Labute approximate surface area is 141 Å². The average molecular weight is 327 g/mol. The molecule has 1 aromatic heterocycles. The van der Waals surface area contributed by atoms with Crippen LogP contribution in [0, 0.1) is 0 Å². The number of carbonyl (C=O) groups excluding carboxylic acids is 2. The molecule has 6 heteroatoms. The summed E-state index contributed by atoms with van der Waals surface area (Å²) in [6.07, 6.45) is 2.41. The maximum atomic E-state index is 12.0. The zero-order valence-corrected chi connectivity index (χ0v) is 13.8. The summed E-state index contributed by atoms with van der Waals surface area (Å²) in [4.78, 5) is 28.1. The van der Waals surface area contributed by atoms with Crippen LogP contribution in [0.1, 0.15) is 41.1 Å². The van der Waals surface area contributed by atoms with Gasteiger partial charge in [0.2, 0.25) is 0 Å². The van der Waals surface area contributed by atoms with Crippen LogP contribution in [-0.2, 0) is 4.74 Å². The molecule has 24 heavy (non-hydrogen) atoms. The second kappa shape index (κ2) is 8.67. The van der Waals surface area contributed by atoms with Crippen molar-refractivity contribution < 1.29 is 14.3 Å². The minimum atomic E-state index is -0.393. The third-order valence-electron chi connectivity index (χ3n) is 3.23. The Balaban J connectivity index is 2.20. The number of aromatic nitrogens is 1. The highest BCUT2D eigenvalue weighted by Gasteiger charge is 2.13. The summed E-state index contributed by atoms with van der Waals surface area (Å²) in [7, 11) is 0. The van der Waals surface area contributed by atoms with Gasteiger partial charge >= 0.3 is 5.97 Å². The molecular weight excluding hydrogens is 306 g/mol. The lowest BCUT2D eigenvalue weighted by Gasteiger charge is -2.12. The van der Waals surface area contributed by atoms with E-state index in [1.54, 1.807) is 43.5 Å². The third kappa shape index (κ3) is 4.55. The SMILES string of the molecule is CCCNC(=O)c1cc(Nc2ccccc2C(=O)OCC)ccn1. The predicted molar refractivity (Wildman–Crippen MR) is 92.5 cm³/mol. The molecule has 2 aromatic rings. The lowest BCUT2D eigenvalue weighted by molar-refractivity contribution is 0.0527. The Morgan fingerprint density at radius 2 is 1.96 bits per heavy atom. The van der Waals surface area contributed by atoms with E-state index < -0.39 is 5.97 Å². The van der Waals surface area contributed by atoms with Crippen LogP contribution < -0.4 is 10.6 Å². The van der Waals surface area contributed by atoms with Crippen molar-refractivity contribution in [2.24, 2.45) is 0 Å². The van der Waals surface area contributed by atoms with Crippen LogP contribution in [0.3, 0.4) is 0 Å². The van der Waals surface area contributed by atoms with E-state index in [1.165, 1.54) is 0 Å². The highest BCUT2D eigenvalue weighted by molar-refractivity contribution is 5.97. The molecule has 0 aliphatic rings. The van der Waals surface area contributed by atoms with E-state index in [2.05, 4.69) is 15.6 Å². The standard InChI is InChI=1S/C18H21N3O3/c1-3-10-20-17(22)16-12-13(9-11-19-16)21-15-8-6-5-7-14(15)18(23)24-4-2/h5-9,11-12H,3-4,10H2,1-2H3,(H,19,21)(H,20,22). The van der Waals surface area contributed by atoms with Gasteiger partial charge in [0, 0.05) is 18.4 Å². The molecule has 0 saturated heterocycles. The number of amides is 1. The van der Waals surface area contributed by atoms with Crippen molar-refractivity contribution in [3.63, 3.8) is 0 Å². The first-order valence-corrected chi connectivity index (χ1v) is 7.93. The summed E-state index contributed by atoms with van der Waals surface area (Å²) in [6.45, 7) is 4.66. The molecule has 1 heterocycles. The first-order chi connectivity index (χ1) is 11.7. The summed E-state index contributed by atoms with van der Waals surface area (Å²) < 4.78 is 5.06. The van der Waals surface area contributed by atoms with Crippen LogP contribution in [0.5, 0.6) is 0 Å². The largest absolute Gasteiger partial charge is 0.462 e. The number of anilines is 2. The molecule has 126 valence electrons. The molecule has 0 atom stereocenters. The number of nitrogens with one attached hydrogen (secondary N) is 2. The molecular formula is C18H21N3O3. The minimum Gasteiger partial charge on any atom is -0.462 e. The molecule has 1 amide bonds. The van der Waals surface area contributed by atoms with E-state index in [9.17, 15) is 9.59 Å². The number of carbonyl (C=O) groups is 2. The zero-order chi connectivity index (χ0) is 17.4. The van der Waals surface area contributed by atoms with Gasteiger partial charge in [0.05, 0.1) is 17.9 Å². The van der Waals surface area contributed by atoms with E-state index in [4.69, 9.17) is 4.74 Å². The summed E-state index contributed by atoms with van der Waals surface area (Å²) in [5.74, 6) is -0.616. The van der Waals surface area contributed by atoms with E-state index >= 15 is 0 Å². The molecule has 0 aliphatic carbocycles. The predicted octanol–water partition coefficient (Wildman–Crippen LogP) is 3.14. The van der Waals surface area contributed by atoms with Gasteiger partial charge in [-0.25, -0.2) is 4.79 Å². The third-order valence-corrected chi connectivity index (χ3v) is 3.23. The second-order valence-electron chi connectivity index (χ2n) is 5.08. The van der Waals surface area contributed by atoms with Crippen molar-refractivity contribution in [1.29, 1.82) is 0 Å². The van der Waals surface area contributed by atoms with Gasteiger partial charge in [-0.15, -0.1) is 0 Å². The van der Waals surface area contributed by atoms with Crippen LogP contribution in [0.15, 0.2) is 42.6 Å². The fraction of sp³-hybridized carbons (Fsp3) is 0.278. The highest BCUT2D eigenvalue weighted by Crippen LogP contribution is 2.21. The van der Waals surface area contributed by atoms with Crippen LogP contribution in [-0.4, -0.2) is 30.0 Å². The number of nitrogens with zero attached hydrogens (tertiary/aromatic N) is 1. The number of para-hydroxylation sites is 1. The number of hydrogen-bond acceptors (Lipinski definition) is 5. The van der Waals surface area contributed by atoms with Gasteiger partial charge in [-0.1, -0.05) is 19.1 Å². The summed E-state index contributed by atoms with van der Waals surface area (Å²) in [5, 5.41) is 5.93. The molecule has 0 fully saturated rings. The number of pyridine rings is 1. The Hall–Kier alpha value is -2.89. The Bertz CT molecular complexity index is 716. The highest BCUT2D eigenvalue weighted by atomic mass is 16.5. The van der Waals surface area contributed by atoms with E-state index in [0.29, 0.717) is 35.8 Å². The number of benzene rings is 1. The van der Waals surface area contributed by atoms with E-state index in [1.807, 2.05) is 13.0 Å². The molecule has 1 aromatic carbocycles. The van der Waals surface area contributed by atoms with Gasteiger partial charge in [-0.3, -0.25) is 9.78 Å². The van der Waals surface area contributed by atoms with Gasteiger partial charge in [-0.05, 0) is 37.6 Å². The Morgan fingerprint density at radius 1 is 1.17 bits per heavy atom. The number of ether oxygens (including phenoxy) is 1. The van der Waals surface area contributed by atoms with Crippen molar-refractivity contribution in [1.82, 2.24) is 10.3 Å². The molecule has 0 saturated carbocycles. The topological polar surface area (TPSA) is 80.3 Å². The molecule has 0 bridgehead atoms. The molecule has 0 radical (unpaired) electrons. The quantitative estimate of drug-likeness (QED) is 0.764. The van der Waals surface area contributed by atoms with Gasteiger partial charge in [0.15, 0.2) is 0 Å². The first-order valence-electron chi connectivity index (χ1n) is 7.93. The average Bonchev–Trinajstić information content (AvgIpc) is 2.60. The van der Waals surface area contributed by atoms with E-state index in [-0.39, 0.29) is 5.91 Å². The molecule has 6 nitrogen and oxygen atoms in total. The smallest absolute Gasteiger partial charge is 0.340 e. The summed E-state index contributed by atoms with van der Waals surface area (Å²) in [6, 6.07) is 10.4. The second-order valence-corrected chi connectivity index (χ2v) is 5.08. The van der Waals surface area contributed by atoms with Crippen LogP contribution in [0.4, 0.5) is 11.4 Å². The van der Waals surface area contributed by atoms with Gasteiger partial charge in [0.25, 0.3) is 5.91 Å². The molecule has 2 rings (SSSR count). The Kier molecular flexibility index (Phi) is 6.31. The van der Waals surface area contributed by atoms with E-state index in [0.717, 1.165) is 6.42 Å². The normalized spacial score (nSPS) is 10.1. The van der Waals surface area contributed by atoms with Crippen LogP contribution >= 0.6 is 0 Å². The summed E-state index contributed by atoms with van der Waals surface area (Å²) in [5.41, 5.74) is 2.04. The van der Waals surface area contributed by atoms with Crippen LogP contribution in [0.2, 0.25) is 0 Å². The van der Waals surface area contributed by atoms with Crippen molar-refractivity contribution in [3.8, 4) is 0 Å². The summed E-state index contributed by atoms with van der Waals surface area (Å²) >= 11 is 0. The Morgan fingerprint density at radius 3 is 2.71 bits per heavy atom. The van der Waals surface area contributed by atoms with Crippen molar-refractivity contribution in [2.75, 3.05) is 18.5 Å². The monoisotopic (exact) mass is 327 g/mol. The molecule has 0 aliphatic heterocycles. The number of esters is 1. The first kappa shape index (κ1) is 17.5. The minimum absolute atomic E-state index is 0.223. The van der Waals surface area contributed by atoms with Crippen molar-refractivity contribution >= 4 is 23.3 Å². The van der Waals surface area contributed by atoms with Gasteiger partial charge < -0.3 is 15.4 Å². The maximum absolute atomic E-state index is 12.0. The maximum Gasteiger partial charge on any atom is 0.340 e. The lowest BCUT2D eigenvalue weighted by atomic mass is 10.1. The van der Waals surface area contributed by atoms with Crippen molar-refractivity contribution in [2.45, 2.75) is 20.3 Å². The van der Waals surface area contributed by atoms with Crippen LogP contribution in [0.25, 0.3) is 0 Å². The number of hydrogen-bond donors (Lipinski definition) is 2. The fourth-order valence-electron chi connectivity index (χ4n) is 2.10. The number of rotatable bonds is 7. The molecule has 0 spiro atoms. The van der Waals surface area contributed by atoms with Gasteiger partial charge in [0.1, 0.15) is 5.69 Å².